The van der Waals surface area contributed by atoms with E-state index in [0.29, 0.717) is 11.1 Å². The van der Waals surface area contributed by atoms with Gasteiger partial charge in [-0.05, 0) is 44.5 Å². The lowest BCUT2D eigenvalue weighted by molar-refractivity contribution is -0.383. The number of hydrogen-bond acceptors (Lipinski definition) is 6. The summed E-state index contributed by atoms with van der Waals surface area (Å²) in [6, 6.07) is 7.84. The van der Waals surface area contributed by atoms with Crippen LogP contribution in [0.15, 0.2) is 36.4 Å². The molecule has 0 atom stereocenters. The Labute approximate surface area is 171 Å². The number of hydrogen-bond donors (Lipinski definition) is 1. The number of benzene rings is 2. The summed E-state index contributed by atoms with van der Waals surface area (Å²) in [5, 5.41) is 14.0. The molecule has 1 aliphatic rings. The first-order chi connectivity index (χ1) is 14.0. The van der Waals surface area contributed by atoms with Gasteiger partial charge in [0.25, 0.3) is 5.69 Å². The van der Waals surface area contributed by atoms with Crippen LogP contribution in [0.2, 0.25) is 0 Å². The van der Waals surface area contributed by atoms with Crippen molar-refractivity contribution < 1.29 is 28.4 Å². The number of carbonyl (C=O) groups is 2. The van der Waals surface area contributed by atoms with Crippen LogP contribution in [-0.4, -0.2) is 35.9 Å². The Bertz CT molecular complexity index is 1000. The number of carbonyl (C=O) groups excluding carboxylic acids is 2. The van der Waals surface area contributed by atoms with Crippen molar-refractivity contribution in [2.75, 3.05) is 23.4 Å². The summed E-state index contributed by atoms with van der Waals surface area (Å²) in [5.74, 6) is -0.474. The minimum atomic E-state index is -0.880. The fraction of sp³-hybridized carbons (Fsp3) is 0.300. The van der Waals surface area contributed by atoms with E-state index in [0.717, 1.165) is 0 Å². The zero-order valence-electron chi connectivity index (χ0n) is 16.6. The molecule has 3 rings (SSSR count). The molecule has 10 heteroatoms. The molecule has 2 aromatic carbocycles. The summed E-state index contributed by atoms with van der Waals surface area (Å²) in [6.07, 6.45) is -1.51. The highest BCUT2D eigenvalue weighted by atomic mass is 19.1. The van der Waals surface area contributed by atoms with Gasteiger partial charge in [0.05, 0.1) is 17.2 Å². The van der Waals surface area contributed by atoms with E-state index in [2.05, 4.69) is 5.32 Å². The molecule has 0 aromatic heterocycles. The number of ether oxygens (including phenoxy) is 2. The molecule has 0 saturated carbocycles. The van der Waals surface area contributed by atoms with Gasteiger partial charge in [-0.2, -0.15) is 0 Å². The number of halogens is 1. The molecule has 1 fully saturated rings. The molecule has 1 aliphatic heterocycles. The molecule has 0 spiro atoms. The van der Waals surface area contributed by atoms with Crippen molar-refractivity contribution in [3.63, 3.8) is 0 Å². The summed E-state index contributed by atoms with van der Waals surface area (Å²) in [5.41, 5.74) is -0.311. The van der Waals surface area contributed by atoms with Crippen LogP contribution in [0.3, 0.4) is 0 Å². The quantitative estimate of drug-likeness (QED) is 0.570. The fourth-order valence-corrected chi connectivity index (χ4v) is 2.94. The normalized spacial score (nSPS) is 13.7. The van der Waals surface area contributed by atoms with Crippen molar-refractivity contribution >= 4 is 29.2 Å². The SMILES string of the molecule is CC(C)(C)OC(=O)Nc1cc(N2CCOC2=O)c(-c2ccc(F)cc2)cc1[N+](=O)[O-]. The molecule has 0 bridgehead atoms. The molecule has 1 N–H and O–H groups in total. The maximum Gasteiger partial charge on any atom is 0.414 e. The van der Waals surface area contributed by atoms with Crippen molar-refractivity contribution in [1.29, 1.82) is 0 Å². The Hall–Kier alpha value is -3.69. The fourth-order valence-electron chi connectivity index (χ4n) is 2.94. The monoisotopic (exact) mass is 417 g/mol. The maximum absolute atomic E-state index is 13.4. The van der Waals surface area contributed by atoms with Gasteiger partial charge in [-0.15, -0.1) is 0 Å². The third-order valence-electron chi connectivity index (χ3n) is 4.15. The highest BCUT2D eigenvalue weighted by Gasteiger charge is 2.30. The van der Waals surface area contributed by atoms with Crippen molar-refractivity contribution in [2.45, 2.75) is 26.4 Å². The molecular formula is C20H20FN3O6. The molecule has 0 unspecified atom stereocenters. The molecule has 0 aliphatic carbocycles. The van der Waals surface area contributed by atoms with Crippen LogP contribution in [0.5, 0.6) is 0 Å². The number of nitrogens with one attached hydrogen (secondary N) is 1. The van der Waals surface area contributed by atoms with Gasteiger partial charge < -0.3 is 9.47 Å². The molecule has 1 heterocycles. The van der Waals surface area contributed by atoms with Gasteiger partial charge in [0.2, 0.25) is 0 Å². The molecular weight excluding hydrogens is 397 g/mol. The second-order valence-corrected chi connectivity index (χ2v) is 7.54. The number of nitro groups is 1. The van der Waals surface area contributed by atoms with E-state index in [1.54, 1.807) is 20.8 Å². The minimum absolute atomic E-state index is 0.144. The van der Waals surface area contributed by atoms with Crippen LogP contribution >= 0.6 is 0 Å². The van der Waals surface area contributed by atoms with E-state index in [9.17, 15) is 24.1 Å². The number of nitrogens with zero attached hydrogens (tertiary/aromatic N) is 2. The predicted octanol–water partition coefficient (Wildman–Crippen LogP) is 4.70. The zero-order chi connectivity index (χ0) is 22.1. The molecule has 9 nitrogen and oxygen atoms in total. The standard InChI is InChI=1S/C20H20FN3O6/c1-20(2,3)30-18(25)22-15-11-16(23-8-9-29-19(23)26)14(10-17(15)24(27)28)12-4-6-13(21)7-5-12/h4-7,10-11H,8-9H2,1-3H3,(H,22,25). The number of amides is 2. The minimum Gasteiger partial charge on any atom is -0.447 e. The largest absolute Gasteiger partial charge is 0.447 e. The molecule has 30 heavy (non-hydrogen) atoms. The Morgan fingerprint density at radius 3 is 2.47 bits per heavy atom. The van der Waals surface area contributed by atoms with Gasteiger partial charge in [0.15, 0.2) is 0 Å². The van der Waals surface area contributed by atoms with Gasteiger partial charge >= 0.3 is 12.2 Å². The van der Waals surface area contributed by atoms with Crippen LogP contribution in [0, 0.1) is 15.9 Å². The van der Waals surface area contributed by atoms with Crippen LogP contribution in [0.4, 0.5) is 31.0 Å². The Morgan fingerprint density at radius 2 is 1.93 bits per heavy atom. The molecule has 2 aromatic rings. The van der Waals surface area contributed by atoms with E-state index in [4.69, 9.17) is 9.47 Å². The second kappa shape index (κ2) is 7.97. The van der Waals surface area contributed by atoms with Gasteiger partial charge in [-0.1, -0.05) is 12.1 Å². The summed E-state index contributed by atoms with van der Waals surface area (Å²) < 4.78 is 23.5. The van der Waals surface area contributed by atoms with E-state index in [-0.39, 0.29) is 24.5 Å². The Balaban J connectivity index is 2.13. The number of anilines is 2. The van der Waals surface area contributed by atoms with Crippen molar-refractivity contribution in [2.24, 2.45) is 0 Å². The summed E-state index contributed by atoms with van der Waals surface area (Å²) in [4.78, 5) is 36.6. The van der Waals surface area contributed by atoms with Crippen LogP contribution in [0.25, 0.3) is 11.1 Å². The smallest absolute Gasteiger partial charge is 0.414 e. The third-order valence-corrected chi connectivity index (χ3v) is 4.15. The molecule has 0 radical (unpaired) electrons. The van der Waals surface area contributed by atoms with Gasteiger partial charge in [-0.3, -0.25) is 20.3 Å². The molecule has 158 valence electrons. The van der Waals surface area contributed by atoms with Crippen molar-refractivity contribution in [1.82, 2.24) is 0 Å². The Morgan fingerprint density at radius 1 is 1.27 bits per heavy atom. The summed E-state index contributed by atoms with van der Waals surface area (Å²) in [7, 11) is 0. The summed E-state index contributed by atoms with van der Waals surface area (Å²) in [6.45, 7) is 5.34. The van der Waals surface area contributed by atoms with Gasteiger partial charge in [-0.25, -0.2) is 14.0 Å². The first-order valence-corrected chi connectivity index (χ1v) is 9.08. The summed E-state index contributed by atoms with van der Waals surface area (Å²) >= 11 is 0. The van der Waals surface area contributed by atoms with E-state index >= 15 is 0 Å². The lowest BCUT2D eigenvalue weighted by atomic mass is 10.0. The van der Waals surface area contributed by atoms with E-state index in [1.165, 1.54) is 41.3 Å². The highest BCUT2D eigenvalue weighted by molar-refractivity contribution is 5.99. The lowest BCUT2D eigenvalue weighted by Gasteiger charge is -2.21. The average Bonchev–Trinajstić information content (AvgIpc) is 3.06. The third kappa shape index (κ3) is 4.65. The predicted molar refractivity (Wildman–Crippen MR) is 107 cm³/mol. The van der Waals surface area contributed by atoms with Crippen LogP contribution < -0.4 is 10.2 Å². The first-order valence-electron chi connectivity index (χ1n) is 9.08. The van der Waals surface area contributed by atoms with Crippen molar-refractivity contribution in [3.05, 3.63) is 52.3 Å². The van der Waals surface area contributed by atoms with Crippen LogP contribution in [-0.2, 0) is 9.47 Å². The number of nitro benzene ring substituents is 1. The Kier molecular flexibility index (Phi) is 5.59. The average molecular weight is 417 g/mol. The van der Waals surface area contributed by atoms with Crippen molar-refractivity contribution in [3.8, 4) is 11.1 Å². The zero-order valence-corrected chi connectivity index (χ0v) is 16.6. The van der Waals surface area contributed by atoms with Gasteiger partial charge in [0.1, 0.15) is 23.7 Å². The topological polar surface area (TPSA) is 111 Å². The van der Waals surface area contributed by atoms with Gasteiger partial charge in [0, 0.05) is 11.6 Å². The molecule has 1 saturated heterocycles. The van der Waals surface area contributed by atoms with E-state index < -0.39 is 34.2 Å². The molecule has 2 amide bonds. The maximum atomic E-state index is 13.4. The lowest BCUT2D eigenvalue weighted by Crippen LogP contribution is -2.28. The van der Waals surface area contributed by atoms with E-state index in [1.807, 2.05) is 0 Å². The first kappa shape index (κ1) is 21.0. The highest BCUT2D eigenvalue weighted by Crippen LogP contribution is 2.40. The number of rotatable bonds is 4. The number of cyclic esters (lactones) is 1. The van der Waals surface area contributed by atoms with Crippen LogP contribution in [0.1, 0.15) is 20.8 Å². The second-order valence-electron chi connectivity index (χ2n) is 7.54.